The van der Waals surface area contributed by atoms with Gasteiger partial charge in [-0.25, -0.2) is 9.78 Å². The average Bonchev–Trinajstić information content (AvgIpc) is 2.94. The predicted molar refractivity (Wildman–Crippen MR) is 79.9 cm³/mol. The van der Waals surface area contributed by atoms with Crippen molar-refractivity contribution in [2.24, 2.45) is 11.7 Å². The van der Waals surface area contributed by atoms with Gasteiger partial charge in [-0.15, -0.1) is 11.3 Å². The molecule has 1 aliphatic carbocycles. The van der Waals surface area contributed by atoms with Crippen LogP contribution >= 0.6 is 11.3 Å². The molecule has 6 nitrogen and oxygen atoms in total. The maximum absolute atomic E-state index is 12.1. The second kappa shape index (κ2) is 7.51. The van der Waals surface area contributed by atoms with Gasteiger partial charge in [-0.05, 0) is 26.2 Å². The van der Waals surface area contributed by atoms with Gasteiger partial charge >= 0.3 is 5.97 Å². The maximum atomic E-state index is 12.1. The highest BCUT2D eigenvalue weighted by Gasteiger charge is 2.25. The maximum Gasteiger partial charge on any atom is 0.357 e. The van der Waals surface area contributed by atoms with Gasteiger partial charge in [0.05, 0.1) is 13.2 Å². The van der Waals surface area contributed by atoms with Crippen LogP contribution in [0.3, 0.4) is 0 Å². The van der Waals surface area contributed by atoms with Gasteiger partial charge in [0.1, 0.15) is 5.01 Å². The van der Waals surface area contributed by atoms with Gasteiger partial charge in [-0.3, -0.25) is 4.79 Å². The molecule has 2 unspecified atom stereocenters. The van der Waals surface area contributed by atoms with Crippen molar-refractivity contribution < 1.29 is 14.3 Å². The molecule has 1 aromatic rings. The van der Waals surface area contributed by atoms with Crippen molar-refractivity contribution in [3.05, 3.63) is 16.1 Å². The van der Waals surface area contributed by atoms with Crippen molar-refractivity contribution in [2.75, 3.05) is 6.61 Å². The van der Waals surface area contributed by atoms with Crippen LogP contribution in [-0.4, -0.2) is 29.5 Å². The molecule has 0 spiro atoms. The summed E-state index contributed by atoms with van der Waals surface area (Å²) in [5, 5.41) is 5.22. The molecule has 0 aromatic carbocycles. The lowest BCUT2D eigenvalue weighted by Gasteiger charge is -2.25. The Hall–Kier alpha value is -1.47. The molecule has 3 N–H and O–H groups in total. The number of ether oxygens (including phenoxy) is 1. The van der Waals surface area contributed by atoms with E-state index in [1.807, 2.05) is 0 Å². The number of esters is 1. The number of nitrogens with zero attached hydrogens (tertiary/aromatic N) is 1. The Bertz CT molecular complexity index is 503. The number of aromatic nitrogens is 1. The van der Waals surface area contributed by atoms with Crippen molar-refractivity contribution in [1.82, 2.24) is 10.3 Å². The Morgan fingerprint density at radius 1 is 1.52 bits per heavy atom. The van der Waals surface area contributed by atoms with E-state index in [0.717, 1.165) is 25.7 Å². The summed E-state index contributed by atoms with van der Waals surface area (Å²) in [4.78, 5) is 27.7. The Morgan fingerprint density at radius 2 is 2.33 bits per heavy atom. The molecule has 1 heterocycles. The van der Waals surface area contributed by atoms with Crippen molar-refractivity contribution in [3.8, 4) is 0 Å². The Kier molecular flexibility index (Phi) is 5.69. The fourth-order valence-corrected chi connectivity index (χ4v) is 3.17. The zero-order chi connectivity index (χ0) is 15.2. The molecule has 2 rings (SSSR count). The summed E-state index contributed by atoms with van der Waals surface area (Å²) < 4.78 is 4.88. The van der Waals surface area contributed by atoms with E-state index < -0.39 is 5.97 Å². The molecule has 1 saturated carbocycles. The van der Waals surface area contributed by atoms with Crippen LogP contribution in [0.15, 0.2) is 5.38 Å². The number of amides is 1. The molecule has 21 heavy (non-hydrogen) atoms. The number of carbonyl (C=O) groups excluding carboxylic acids is 2. The predicted octanol–water partition coefficient (Wildman–Crippen LogP) is 1.45. The molecule has 0 saturated heterocycles. The van der Waals surface area contributed by atoms with Crippen LogP contribution in [0, 0.1) is 5.92 Å². The Labute approximate surface area is 128 Å². The summed E-state index contributed by atoms with van der Waals surface area (Å²) in [6, 6.07) is 0.129. The number of hydrogen-bond donors (Lipinski definition) is 2. The largest absolute Gasteiger partial charge is 0.461 e. The lowest BCUT2D eigenvalue weighted by Crippen LogP contribution is -2.37. The Balaban J connectivity index is 1.82. The number of hydrogen-bond acceptors (Lipinski definition) is 6. The van der Waals surface area contributed by atoms with E-state index in [1.165, 1.54) is 11.3 Å². The number of nitrogens with two attached hydrogens (primary N) is 1. The smallest absolute Gasteiger partial charge is 0.357 e. The number of thiazole rings is 1. The molecule has 0 bridgehead atoms. The normalized spacial score (nSPS) is 21.8. The van der Waals surface area contributed by atoms with Gasteiger partial charge in [0.25, 0.3) is 0 Å². The highest BCUT2D eigenvalue weighted by molar-refractivity contribution is 7.09. The minimum atomic E-state index is -0.426. The molecule has 1 aromatic heterocycles. The van der Waals surface area contributed by atoms with Crippen LogP contribution in [0.2, 0.25) is 0 Å². The molecule has 116 valence electrons. The summed E-state index contributed by atoms with van der Waals surface area (Å²) in [7, 11) is 0. The second-order valence-corrected chi connectivity index (χ2v) is 6.13. The van der Waals surface area contributed by atoms with Crippen LogP contribution in [0.5, 0.6) is 0 Å². The van der Waals surface area contributed by atoms with E-state index in [0.29, 0.717) is 23.9 Å². The molecule has 1 aliphatic rings. The topological polar surface area (TPSA) is 94.3 Å². The minimum absolute atomic E-state index is 0.00163. The molecule has 1 amide bonds. The van der Waals surface area contributed by atoms with Crippen LogP contribution in [0.4, 0.5) is 0 Å². The molecule has 2 atom stereocenters. The summed E-state index contributed by atoms with van der Waals surface area (Å²) in [6.07, 6.45) is 3.64. The summed E-state index contributed by atoms with van der Waals surface area (Å²) >= 11 is 1.34. The summed E-state index contributed by atoms with van der Waals surface area (Å²) in [5.41, 5.74) is 6.19. The van der Waals surface area contributed by atoms with Crippen LogP contribution in [-0.2, 0) is 16.1 Å². The zero-order valence-corrected chi connectivity index (χ0v) is 12.9. The molecule has 0 aliphatic heterocycles. The van der Waals surface area contributed by atoms with Gasteiger partial charge in [0.2, 0.25) is 5.91 Å². The third-order valence-corrected chi connectivity index (χ3v) is 4.38. The quantitative estimate of drug-likeness (QED) is 0.803. The number of rotatable bonds is 5. The number of carbonyl (C=O) groups is 2. The van der Waals surface area contributed by atoms with E-state index in [9.17, 15) is 9.59 Å². The van der Waals surface area contributed by atoms with Crippen LogP contribution in [0.1, 0.15) is 48.1 Å². The van der Waals surface area contributed by atoms with Gasteiger partial charge in [0, 0.05) is 17.3 Å². The van der Waals surface area contributed by atoms with Crippen molar-refractivity contribution >= 4 is 23.2 Å². The first-order valence-corrected chi connectivity index (χ1v) is 8.13. The second-order valence-electron chi connectivity index (χ2n) is 5.19. The SMILES string of the molecule is CCOC(=O)c1csc(CNC(=O)C2CCCC(N)C2)n1. The van der Waals surface area contributed by atoms with E-state index in [1.54, 1.807) is 12.3 Å². The van der Waals surface area contributed by atoms with Gasteiger partial charge in [-0.2, -0.15) is 0 Å². The highest BCUT2D eigenvalue weighted by Crippen LogP contribution is 2.23. The minimum Gasteiger partial charge on any atom is -0.461 e. The van der Waals surface area contributed by atoms with Crippen molar-refractivity contribution in [1.29, 1.82) is 0 Å². The van der Waals surface area contributed by atoms with Crippen molar-refractivity contribution in [3.63, 3.8) is 0 Å². The zero-order valence-electron chi connectivity index (χ0n) is 12.1. The molecule has 7 heteroatoms. The summed E-state index contributed by atoms with van der Waals surface area (Å²) in [5.74, 6) is -0.402. The van der Waals surface area contributed by atoms with Gasteiger partial charge in [0.15, 0.2) is 5.69 Å². The third-order valence-electron chi connectivity index (χ3n) is 3.54. The Morgan fingerprint density at radius 3 is 3.05 bits per heavy atom. The molecule has 0 radical (unpaired) electrons. The lowest BCUT2D eigenvalue weighted by atomic mass is 9.85. The monoisotopic (exact) mass is 311 g/mol. The van der Waals surface area contributed by atoms with E-state index in [4.69, 9.17) is 10.5 Å². The first-order valence-electron chi connectivity index (χ1n) is 7.25. The molecular weight excluding hydrogens is 290 g/mol. The van der Waals surface area contributed by atoms with Crippen molar-refractivity contribution in [2.45, 2.75) is 45.2 Å². The molecular formula is C14H21N3O3S. The number of nitrogens with one attached hydrogen (secondary N) is 1. The molecule has 1 fully saturated rings. The van der Waals surface area contributed by atoms with Crippen LogP contribution in [0.25, 0.3) is 0 Å². The summed E-state index contributed by atoms with van der Waals surface area (Å²) in [6.45, 7) is 2.42. The van der Waals surface area contributed by atoms with E-state index >= 15 is 0 Å². The lowest BCUT2D eigenvalue weighted by molar-refractivity contribution is -0.126. The first-order chi connectivity index (χ1) is 10.1. The standard InChI is InChI=1S/C14H21N3O3S/c1-2-20-14(19)11-8-21-12(17-11)7-16-13(18)9-4-3-5-10(15)6-9/h8-10H,2-7,15H2,1H3,(H,16,18). The highest BCUT2D eigenvalue weighted by atomic mass is 32.1. The van der Waals surface area contributed by atoms with Gasteiger partial charge < -0.3 is 15.8 Å². The fraction of sp³-hybridized carbons (Fsp3) is 0.643. The third kappa shape index (κ3) is 4.50. The fourth-order valence-electron chi connectivity index (χ4n) is 2.46. The van der Waals surface area contributed by atoms with E-state index in [2.05, 4.69) is 10.3 Å². The van der Waals surface area contributed by atoms with Gasteiger partial charge in [-0.1, -0.05) is 6.42 Å². The average molecular weight is 311 g/mol. The van der Waals surface area contributed by atoms with Crippen LogP contribution < -0.4 is 11.1 Å². The van der Waals surface area contributed by atoms with E-state index in [-0.39, 0.29) is 17.9 Å². The first kappa shape index (κ1) is 15.9.